The molecule has 2 rings (SSSR count). The van der Waals surface area contributed by atoms with Crippen LogP contribution >= 0.6 is 11.8 Å². The summed E-state index contributed by atoms with van der Waals surface area (Å²) in [6.07, 6.45) is 3.62. The second-order valence-electron chi connectivity index (χ2n) is 7.12. The number of nitrogens with one attached hydrogen (secondary N) is 1. The molecule has 1 heterocycles. The van der Waals surface area contributed by atoms with E-state index in [4.69, 9.17) is 4.74 Å². The second kappa shape index (κ2) is 10.3. The molecule has 0 fully saturated rings. The van der Waals surface area contributed by atoms with Gasteiger partial charge in [-0.2, -0.15) is 0 Å². The van der Waals surface area contributed by atoms with Crippen molar-refractivity contribution in [3.63, 3.8) is 0 Å². The van der Waals surface area contributed by atoms with E-state index in [0.717, 1.165) is 47.2 Å². The summed E-state index contributed by atoms with van der Waals surface area (Å²) in [7, 11) is 0. The van der Waals surface area contributed by atoms with E-state index < -0.39 is 0 Å². The van der Waals surface area contributed by atoms with Gasteiger partial charge < -0.3 is 14.6 Å². The lowest BCUT2D eigenvalue weighted by molar-refractivity contribution is -0.123. The molecule has 0 unspecified atom stereocenters. The molecule has 1 N–H and O–H groups in total. The summed E-state index contributed by atoms with van der Waals surface area (Å²) in [6, 6.07) is 5.98. The van der Waals surface area contributed by atoms with Crippen molar-refractivity contribution in [3.05, 3.63) is 35.2 Å². The Labute approximate surface area is 166 Å². The summed E-state index contributed by atoms with van der Waals surface area (Å²) >= 11 is 1.61. The van der Waals surface area contributed by atoms with Crippen LogP contribution in [0, 0.1) is 19.8 Å². The van der Waals surface area contributed by atoms with Crippen molar-refractivity contribution in [1.29, 1.82) is 0 Å². The molecule has 1 aromatic heterocycles. The Kier molecular flexibility index (Phi) is 8.16. The van der Waals surface area contributed by atoms with E-state index in [1.165, 1.54) is 0 Å². The number of aryl methyl sites for hydroxylation is 3. The second-order valence-corrected chi connectivity index (χ2v) is 7.89. The van der Waals surface area contributed by atoms with Crippen molar-refractivity contribution in [2.45, 2.75) is 52.2 Å². The van der Waals surface area contributed by atoms with Gasteiger partial charge in [0.1, 0.15) is 11.6 Å². The van der Waals surface area contributed by atoms with Gasteiger partial charge in [0.2, 0.25) is 0 Å². The number of hydrogen-bond acceptors (Lipinski definition) is 5. The molecule has 1 aromatic carbocycles. The molecular weight excluding hydrogens is 360 g/mol. The minimum absolute atomic E-state index is 0.0322. The average molecular weight is 391 g/mol. The highest BCUT2D eigenvalue weighted by molar-refractivity contribution is 7.98. The van der Waals surface area contributed by atoms with Crippen LogP contribution in [0.15, 0.2) is 23.4 Å². The molecule has 6 nitrogen and oxygen atoms in total. The van der Waals surface area contributed by atoms with Gasteiger partial charge in [-0.05, 0) is 49.6 Å². The number of thioether (sulfide) groups is 1. The quantitative estimate of drug-likeness (QED) is 0.497. The zero-order valence-electron chi connectivity index (χ0n) is 16.9. The molecule has 0 aliphatic rings. The maximum Gasteiger partial charge on any atom is 0.257 e. The van der Waals surface area contributed by atoms with E-state index in [-0.39, 0.29) is 12.5 Å². The number of benzene rings is 1. The molecule has 0 aliphatic carbocycles. The van der Waals surface area contributed by atoms with E-state index in [2.05, 4.69) is 33.9 Å². The largest absolute Gasteiger partial charge is 0.483 e. The number of nitrogens with zero attached hydrogens (tertiary/aromatic N) is 3. The van der Waals surface area contributed by atoms with Crippen LogP contribution in [0.5, 0.6) is 5.75 Å². The van der Waals surface area contributed by atoms with Gasteiger partial charge >= 0.3 is 0 Å². The fourth-order valence-electron chi connectivity index (χ4n) is 2.73. The first-order chi connectivity index (χ1) is 12.9. The number of rotatable bonds is 10. The first kappa shape index (κ1) is 21.3. The van der Waals surface area contributed by atoms with E-state index >= 15 is 0 Å². The number of hydrogen-bond donors (Lipinski definition) is 1. The van der Waals surface area contributed by atoms with Gasteiger partial charge in [-0.15, -0.1) is 10.2 Å². The Morgan fingerprint density at radius 2 is 2.07 bits per heavy atom. The van der Waals surface area contributed by atoms with Gasteiger partial charge in [-0.25, -0.2) is 0 Å². The Morgan fingerprint density at radius 1 is 1.30 bits per heavy atom. The van der Waals surface area contributed by atoms with Crippen LogP contribution in [0.2, 0.25) is 0 Å². The van der Waals surface area contributed by atoms with Crippen LogP contribution in [-0.4, -0.2) is 40.1 Å². The zero-order valence-corrected chi connectivity index (χ0v) is 17.7. The number of carbonyl (C=O) groups is 1. The third kappa shape index (κ3) is 6.57. The lowest BCUT2D eigenvalue weighted by Crippen LogP contribution is -2.30. The number of aromatic nitrogens is 3. The van der Waals surface area contributed by atoms with Gasteiger partial charge in [-0.1, -0.05) is 37.7 Å². The molecule has 1 amide bonds. The first-order valence-electron chi connectivity index (χ1n) is 9.33. The van der Waals surface area contributed by atoms with Crippen LogP contribution < -0.4 is 10.1 Å². The lowest BCUT2D eigenvalue weighted by Gasteiger charge is -2.12. The van der Waals surface area contributed by atoms with Crippen molar-refractivity contribution in [3.8, 4) is 5.75 Å². The summed E-state index contributed by atoms with van der Waals surface area (Å²) in [5.74, 6) is 2.17. The third-order valence-corrected chi connectivity index (χ3v) is 4.79. The van der Waals surface area contributed by atoms with Crippen LogP contribution in [0.3, 0.4) is 0 Å². The van der Waals surface area contributed by atoms with E-state index in [0.29, 0.717) is 12.5 Å². The molecule has 0 bridgehead atoms. The summed E-state index contributed by atoms with van der Waals surface area (Å²) < 4.78 is 7.82. The summed E-state index contributed by atoms with van der Waals surface area (Å²) in [5.41, 5.74) is 2.15. The predicted molar refractivity (Wildman–Crippen MR) is 109 cm³/mol. The Morgan fingerprint density at radius 3 is 2.78 bits per heavy atom. The Bertz CT molecular complexity index is 758. The summed E-state index contributed by atoms with van der Waals surface area (Å²) in [4.78, 5) is 12.0. The molecule has 0 aliphatic heterocycles. The van der Waals surface area contributed by atoms with Crippen LogP contribution in [0.4, 0.5) is 0 Å². The molecule has 2 aromatic rings. The molecule has 0 atom stereocenters. The van der Waals surface area contributed by atoms with Gasteiger partial charge in [0.25, 0.3) is 5.91 Å². The Hall–Kier alpha value is -2.02. The summed E-state index contributed by atoms with van der Waals surface area (Å²) in [6.45, 7) is 9.89. The SMILES string of the molecule is CSc1nnc(CCCNC(=O)COc2cc(C)ccc2C)n1CC(C)C. The van der Waals surface area contributed by atoms with Crippen molar-refractivity contribution < 1.29 is 9.53 Å². The van der Waals surface area contributed by atoms with Crippen LogP contribution in [0.25, 0.3) is 0 Å². The average Bonchev–Trinajstić information content (AvgIpc) is 3.00. The van der Waals surface area contributed by atoms with E-state index in [9.17, 15) is 4.79 Å². The van der Waals surface area contributed by atoms with Crippen molar-refractivity contribution in [1.82, 2.24) is 20.1 Å². The highest BCUT2D eigenvalue weighted by atomic mass is 32.2. The third-order valence-electron chi connectivity index (χ3n) is 4.13. The zero-order chi connectivity index (χ0) is 19.8. The van der Waals surface area contributed by atoms with Crippen molar-refractivity contribution in [2.24, 2.45) is 5.92 Å². The minimum atomic E-state index is -0.107. The molecule has 148 valence electrons. The molecule has 7 heteroatoms. The standard InChI is InChI=1S/C20H30N4O2S/c1-14(2)12-24-18(22-23-20(24)27-5)7-6-10-21-19(25)13-26-17-11-15(3)8-9-16(17)4/h8-9,11,14H,6-7,10,12-13H2,1-5H3,(H,21,25). The van der Waals surface area contributed by atoms with Gasteiger partial charge in [0, 0.05) is 19.5 Å². The highest BCUT2D eigenvalue weighted by Crippen LogP contribution is 2.19. The van der Waals surface area contributed by atoms with E-state index in [1.807, 2.05) is 38.3 Å². The van der Waals surface area contributed by atoms with Crippen molar-refractivity contribution in [2.75, 3.05) is 19.4 Å². The number of amides is 1. The first-order valence-corrected chi connectivity index (χ1v) is 10.6. The number of carbonyl (C=O) groups excluding carboxylic acids is 1. The topological polar surface area (TPSA) is 69.0 Å². The van der Waals surface area contributed by atoms with Crippen LogP contribution in [0.1, 0.15) is 37.2 Å². The van der Waals surface area contributed by atoms with Crippen LogP contribution in [-0.2, 0) is 17.8 Å². The molecule has 0 saturated carbocycles. The molecule has 0 radical (unpaired) electrons. The normalized spacial score (nSPS) is 11.0. The maximum absolute atomic E-state index is 12.0. The smallest absolute Gasteiger partial charge is 0.257 e. The van der Waals surface area contributed by atoms with E-state index in [1.54, 1.807) is 11.8 Å². The monoisotopic (exact) mass is 390 g/mol. The molecule has 0 spiro atoms. The van der Waals surface area contributed by atoms with Gasteiger partial charge in [-0.3, -0.25) is 4.79 Å². The molecule has 0 saturated heterocycles. The van der Waals surface area contributed by atoms with Crippen molar-refractivity contribution >= 4 is 17.7 Å². The Balaban J connectivity index is 1.76. The minimum Gasteiger partial charge on any atom is -0.483 e. The predicted octanol–water partition coefficient (Wildman–Crippen LogP) is 3.40. The van der Waals surface area contributed by atoms with Gasteiger partial charge in [0.05, 0.1) is 0 Å². The fourth-order valence-corrected chi connectivity index (χ4v) is 3.26. The number of ether oxygens (including phenoxy) is 1. The molecular formula is C20H30N4O2S. The molecule has 27 heavy (non-hydrogen) atoms. The summed E-state index contributed by atoms with van der Waals surface area (Å²) in [5, 5.41) is 12.4. The van der Waals surface area contributed by atoms with Gasteiger partial charge in [0.15, 0.2) is 11.8 Å². The fraction of sp³-hybridized carbons (Fsp3) is 0.550. The maximum atomic E-state index is 12.0. The highest BCUT2D eigenvalue weighted by Gasteiger charge is 2.12. The lowest BCUT2D eigenvalue weighted by atomic mass is 10.1.